The molecule has 0 aromatic rings. The second-order valence-electron chi connectivity index (χ2n) is 24.4. The summed E-state index contributed by atoms with van der Waals surface area (Å²) in [5.74, 6) is -2.65. The van der Waals surface area contributed by atoms with Crippen molar-refractivity contribution in [2.24, 2.45) is 0 Å². The monoisotopic (exact) mass is 1530 g/mol. The van der Waals surface area contributed by atoms with E-state index in [-0.39, 0.29) is 25.7 Å². The van der Waals surface area contributed by atoms with E-state index in [0.29, 0.717) is 32.1 Å². The molecule has 0 radical (unpaired) electrons. The van der Waals surface area contributed by atoms with E-state index in [1.54, 1.807) is 24.3 Å². The van der Waals surface area contributed by atoms with E-state index in [0.717, 1.165) is 135 Å². The van der Waals surface area contributed by atoms with Crippen LogP contribution in [0.5, 0.6) is 0 Å². The van der Waals surface area contributed by atoms with Gasteiger partial charge < -0.3 is 33.8 Å². The zero-order valence-corrected chi connectivity index (χ0v) is 67.2. The van der Waals surface area contributed by atoms with E-state index in [2.05, 4.69) is 216 Å². The summed E-state index contributed by atoms with van der Waals surface area (Å²) in [6.45, 7) is 3.98. The number of hydrogen-bond acceptors (Lipinski definition) is 15. The number of phosphoric acid groups is 2. The molecule has 19 heteroatoms. The van der Waals surface area contributed by atoms with Crippen molar-refractivity contribution in [2.75, 3.05) is 39.6 Å². The highest BCUT2D eigenvalue weighted by Crippen LogP contribution is 2.45. The minimum atomic E-state index is -5.04. The fraction of sp³-hybridized carbons (Fsp3) is 0.483. The normalized spacial score (nSPS) is 15.2. The van der Waals surface area contributed by atoms with Gasteiger partial charge in [-0.05, 0) is 161 Å². The van der Waals surface area contributed by atoms with Crippen molar-refractivity contribution in [1.82, 2.24) is 0 Å². The second-order valence-corrected chi connectivity index (χ2v) is 27.4. The molecule has 0 aromatic carbocycles. The molecule has 0 heterocycles. The van der Waals surface area contributed by atoms with E-state index in [9.17, 15) is 43.2 Å². The lowest BCUT2D eigenvalue weighted by Gasteiger charge is -2.21. The third kappa shape index (κ3) is 76.8. The van der Waals surface area contributed by atoms with Crippen LogP contribution in [0.2, 0.25) is 0 Å². The summed E-state index contributed by atoms with van der Waals surface area (Å²) >= 11 is 0. The Bertz CT molecular complexity index is 3060. The van der Waals surface area contributed by atoms with Crippen LogP contribution in [0.4, 0.5) is 0 Å². The van der Waals surface area contributed by atoms with Gasteiger partial charge in [-0.15, -0.1) is 0 Å². The fourth-order valence-electron chi connectivity index (χ4n) is 8.83. The van der Waals surface area contributed by atoms with Crippen LogP contribution in [0.25, 0.3) is 0 Å². The zero-order valence-electron chi connectivity index (χ0n) is 65.4. The third-order valence-corrected chi connectivity index (χ3v) is 16.5. The standard InChI is InChI=1S/C89H132O17P2/c1-5-9-13-17-21-25-29-33-37-39-41-43-47-50-54-58-62-66-70-74-87(92)100-80-85(106-89(94)76-72-68-64-60-56-52-48-44-42-40-38-34-30-26-22-18-14-10-6-2)82-104-108(97,98)102-78-83(90)77-101-107(95,96)103-81-84(105-88(93)75-71-67-63-59-55-51-46-36-32-28-24-20-16-12-8-4)79-99-86(91)73-69-65-61-57-53-49-45-35-31-27-23-19-15-11-7-3/h9-16,21-28,33-38,41-46,50,52-57,59,62,65-67,69,71,83-85,90H,5-8,17-20,29-32,39-40,47-49,51,58,60-61,63-64,68,70,72-82H2,1-4H3,(H,95,96)(H,97,98)/b13-9-,14-10-,15-11-,16-12-,25-21-,26-22-,27-23-,28-24-,37-33-,38-34-,43-41-,44-42-,45-35-,46-36-,54-50-,56-52-,57-53-,59-55-,66-62-,69-65-,71-67-. The lowest BCUT2D eigenvalue weighted by molar-refractivity contribution is -0.161. The molecule has 0 fully saturated rings. The maximum absolute atomic E-state index is 13.1. The summed E-state index contributed by atoms with van der Waals surface area (Å²) < 4.78 is 68.2. The molecule has 108 heavy (non-hydrogen) atoms. The molecule has 0 aliphatic rings. The largest absolute Gasteiger partial charge is 0.472 e. The third-order valence-electron chi connectivity index (χ3n) is 14.6. The van der Waals surface area contributed by atoms with Crippen LogP contribution in [0.15, 0.2) is 255 Å². The molecular weight excluding hydrogens is 1400 g/mol. The van der Waals surface area contributed by atoms with E-state index in [4.69, 9.17) is 37.0 Å². The molecule has 0 aliphatic heterocycles. The number of aliphatic hydroxyl groups is 1. The topological polar surface area (TPSA) is 237 Å². The van der Waals surface area contributed by atoms with Crippen LogP contribution in [-0.4, -0.2) is 96.7 Å². The van der Waals surface area contributed by atoms with Gasteiger partial charge in [-0.2, -0.15) is 0 Å². The molecular formula is C89H132O17P2. The molecule has 0 spiro atoms. The van der Waals surface area contributed by atoms with Gasteiger partial charge >= 0.3 is 39.5 Å². The van der Waals surface area contributed by atoms with Gasteiger partial charge in [0.25, 0.3) is 0 Å². The first-order chi connectivity index (χ1) is 52.7. The summed E-state index contributed by atoms with van der Waals surface area (Å²) in [4.78, 5) is 72.8. The minimum Gasteiger partial charge on any atom is -0.462 e. The van der Waals surface area contributed by atoms with E-state index < -0.39 is 97.5 Å². The number of carbonyl (C=O) groups is 4. The average Bonchev–Trinajstić information content (AvgIpc) is 0.896. The number of esters is 4. The van der Waals surface area contributed by atoms with Crippen molar-refractivity contribution < 1.29 is 80.2 Å². The number of rotatable bonds is 69. The molecule has 0 rings (SSSR count). The highest BCUT2D eigenvalue weighted by molar-refractivity contribution is 7.47. The van der Waals surface area contributed by atoms with Crippen LogP contribution in [0.1, 0.15) is 220 Å². The van der Waals surface area contributed by atoms with Gasteiger partial charge in [-0.25, -0.2) is 9.13 Å². The Balaban J connectivity index is 5.65. The highest BCUT2D eigenvalue weighted by atomic mass is 31.2. The first-order valence-corrected chi connectivity index (χ1v) is 41.9. The van der Waals surface area contributed by atoms with Crippen molar-refractivity contribution in [1.29, 1.82) is 0 Å². The predicted molar refractivity (Wildman–Crippen MR) is 444 cm³/mol. The summed E-state index contributed by atoms with van der Waals surface area (Å²) in [5, 5.41) is 10.6. The van der Waals surface area contributed by atoms with Gasteiger partial charge in [-0.1, -0.05) is 289 Å². The number of hydrogen-bond donors (Lipinski definition) is 3. The summed E-state index contributed by atoms with van der Waals surface area (Å²) in [5.41, 5.74) is 0. The van der Waals surface area contributed by atoms with Crippen LogP contribution < -0.4 is 0 Å². The molecule has 0 saturated heterocycles. The summed E-state index contributed by atoms with van der Waals surface area (Å²) in [6.07, 6.45) is 103. The number of phosphoric ester groups is 2. The molecule has 0 bridgehead atoms. The Hall–Kier alpha value is -7.40. The lowest BCUT2D eigenvalue weighted by atomic mass is 10.1. The average molecular weight is 1540 g/mol. The van der Waals surface area contributed by atoms with Crippen molar-refractivity contribution >= 4 is 39.5 Å². The van der Waals surface area contributed by atoms with Gasteiger partial charge in [0.15, 0.2) is 12.2 Å². The van der Waals surface area contributed by atoms with Crippen LogP contribution >= 0.6 is 15.6 Å². The molecule has 5 unspecified atom stereocenters. The fourth-order valence-corrected chi connectivity index (χ4v) is 10.4. The molecule has 0 aliphatic carbocycles. The molecule has 0 aromatic heterocycles. The van der Waals surface area contributed by atoms with Gasteiger partial charge in [-0.3, -0.25) is 37.3 Å². The molecule has 3 N–H and O–H groups in total. The van der Waals surface area contributed by atoms with Crippen molar-refractivity contribution in [2.45, 2.75) is 239 Å². The van der Waals surface area contributed by atoms with Gasteiger partial charge in [0.1, 0.15) is 19.3 Å². The van der Waals surface area contributed by atoms with Crippen LogP contribution in [0.3, 0.4) is 0 Å². The number of aliphatic hydroxyl groups excluding tert-OH is 1. The van der Waals surface area contributed by atoms with Crippen molar-refractivity contribution in [3.63, 3.8) is 0 Å². The quantitative estimate of drug-likeness (QED) is 0.0169. The molecule has 5 atom stereocenters. The first kappa shape index (κ1) is 101. The Morgan fingerprint density at radius 2 is 0.519 bits per heavy atom. The van der Waals surface area contributed by atoms with E-state index in [1.165, 1.54) is 0 Å². The van der Waals surface area contributed by atoms with Crippen LogP contribution in [0, 0.1) is 0 Å². The molecule has 0 saturated carbocycles. The molecule has 17 nitrogen and oxygen atoms in total. The lowest BCUT2D eigenvalue weighted by Crippen LogP contribution is -2.30. The van der Waals surface area contributed by atoms with Crippen molar-refractivity contribution in [3.8, 4) is 0 Å². The number of unbranched alkanes of at least 4 members (excludes halogenated alkanes) is 3. The summed E-state index contributed by atoms with van der Waals surface area (Å²) in [6, 6.07) is 0. The molecule has 600 valence electrons. The SMILES string of the molecule is CC/C=C\C/C=C\C/C=C\C/C=C\C/C=C\C/C=C\CCC(=O)OCC(COP(=O)(O)OCC(O)COP(=O)(O)OCC(COC(=O)C/C=C\C/C=C\C/C=C\C/C=C\C/C=C\CC)OC(=O)C/C=C\C/C=C\C/C=C\C/C=C\C/C=C\CC)OC(=O)CCCCC/C=C\C/C=C\C/C=C\C/C=C\C/C=C\CC. The number of allylic oxidation sites excluding steroid dienone is 40. The maximum atomic E-state index is 13.1. The second kappa shape index (κ2) is 77.7. The van der Waals surface area contributed by atoms with Gasteiger partial charge in [0.05, 0.1) is 39.3 Å². The maximum Gasteiger partial charge on any atom is 0.472 e. The van der Waals surface area contributed by atoms with E-state index >= 15 is 0 Å². The predicted octanol–water partition coefficient (Wildman–Crippen LogP) is 23.0. The van der Waals surface area contributed by atoms with Gasteiger partial charge in [0, 0.05) is 12.8 Å². The Labute approximate surface area is 649 Å². The number of ether oxygens (including phenoxy) is 4. The summed E-state index contributed by atoms with van der Waals surface area (Å²) in [7, 11) is -10.1. The first-order valence-electron chi connectivity index (χ1n) is 38.9. The molecule has 0 amide bonds. The van der Waals surface area contributed by atoms with Crippen LogP contribution in [-0.2, 0) is 65.4 Å². The Kier molecular flexibility index (Phi) is 72.4. The Morgan fingerprint density at radius 1 is 0.269 bits per heavy atom. The zero-order chi connectivity index (χ0) is 78.9. The van der Waals surface area contributed by atoms with Gasteiger partial charge in [0.2, 0.25) is 0 Å². The Morgan fingerprint density at radius 3 is 0.833 bits per heavy atom. The smallest absolute Gasteiger partial charge is 0.462 e. The minimum absolute atomic E-state index is 0.0117. The van der Waals surface area contributed by atoms with E-state index in [1.807, 2.05) is 42.5 Å². The highest BCUT2D eigenvalue weighted by Gasteiger charge is 2.30. The number of carbonyl (C=O) groups excluding carboxylic acids is 4. The van der Waals surface area contributed by atoms with Crippen molar-refractivity contribution in [3.05, 3.63) is 255 Å².